The second kappa shape index (κ2) is 8.61. The highest BCUT2D eigenvalue weighted by Gasteiger charge is 2.37. The summed E-state index contributed by atoms with van der Waals surface area (Å²) in [5.74, 6) is 0.445. The van der Waals surface area contributed by atoms with E-state index in [1.807, 2.05) is 36.4 Å². The van der Waals surface area contributed by atoms with Crippen LogP contribution in [0, 0.1) is 0 Å². The normalized spacial score (nSPS) is 20.2. The van der Waals surface area contributed by atoms with Crippen LogP contribution in [0.25, 0.3) is 0 Å². The number of anilines is 2. The van der Waals surface area contributed by atoms with Crippen molar-refractivity contribution in [2.45, 2.75) is 38.0 Å². The number of amides is 1. The lowest BCUT2D eigenvalue weighted by atomic mass is 10.1. The number of hydrogen-bond donors (Lipinski definition) is 2. The number of nitrogens with zero attached hydrogens (tertiary/aromatic N) is 3. The Morgan fingerprint density at radius 1 is 1.12 bits per heavy atom. The van der Waals surface area contributed by atoms with Gasteiger partial charge >= 0.3 is 5.97 Å². The first-order chi connectivity index (χ1) is 16.1. The molecule has 0 spiro atoms. The molecule has 170 valence electrons. The number of nitrogens with one attached hydrogen (secondary N) is 2. The molecular weight excluding hydrogens is 418 g/mol. The molecule has 0 radical (unpaired) electrons. The Labute approximate surface area is 192 Å². The number of carbonyl (C=O) groups is 2. The minimum atomic E-state index is -0.367. The lowest BCUT2D eigenvalue weighted by molar-refractivity contribution is 0.0600. The maximum atomic E-state index is 13.1. The van der Waals surface area contributed by atoms with Crippen LogP contribution in [-0.2, 0) is 4.74 Å². The molecule has 1 unspecified atom stereocenters. The Balaban J connectivity index is 1.50. The second-order valence-corrected chi connectivity index (χ2v) is 8.48. The molecule has 1 aliphatic carbocycles. The zero-order valence-corrected chi connectivity index (χ0v) is 18.7. The Morgan fingerprint density at radius 2 is 1.85 bits per heavy atom. The van der Waals surface area contributed by atoms with Crippen molar-refractivity contribution in [3.05, 3.63) is 71.2 Å². The summed E-state index contributed by atoms with van der Waals surface area (Å²) >= 11 is 0. The number of allylic oxidation sites excluding steroid dienone is 1. The first-order valence-electron chi connectivity index (χ1n) is 11.2. The number of hydrogen-bond acceptors (Lipinski definition) is 7. The van der Waals surface area contributed by atoms with Gasteiger partial charge in [0, 0.05) is 18.8 Å². The van der Waals surface area contributed by atoms with Crippen LogP contribution in [0.2, 0.25) is 0 Å². The Kier molecular flexibility index (Phi) is 5.50. The molecule has 33 heavy (non-hydrogen) atoms. The van der Waals surface area contributed by atoms with E-state index in [9.17, 15) is 9.59 Å². The number of fused-ring (bicyclic) bond motifs is 1. The summed E-state index contributed by atoms with van der Waals surface area (Å²) < 4.78 is 4.79. The third-order valence-electron chi connectivity index (χ3n) is 6.50. The van der Waals surface area contributed by atoms with Crippen molar-refractivity contribution >= 4 is 29.5 Å². The van der Waals surface area contributed by atoms with E-state index in [4.69, 9.17) is 9.73 Å². The molecular formula is C25H27N5O3. The molecule has 8 heteroatoms. The predicted molar refractivity (Wildman–Crippen MR) is 127 cm³/mol. The van der Waals surface area contributed by atoms with E-state index in [1.165, 1.54) is 20.0 Å². The number of aliphatic imine (C=N–C) groups is 1. The van der Waals surface area contributed by atoms with Crippen LogP contribution in [0.5, 0.6) is 0 Å². The lowest BCUT2D eigenvalue weighted by Gasteiger charge is -2.41. The molecule has 3 aliphatic rings. The van der Waals surface area contributed by atoms with Crippen LogP contribution < -0.4 is 10.6 Å². The minimum absolute atomic E-state index is 0.0641. The molecule has 2 aromatic rings. The fraction of sp³-hybridized carbons (Fsp3) is 0.320. The smallest absolute Gasteiger partial charge is 0.337 e. The Hall–Kier alpha value is -3.81. The average molecular weight is 446 g/mol. The van der Waals surface area contributed by atoms with Gasteiger partial charge in [-0.25, -0.2) is 9.79 Å². The van der Waals surface area contributed by atoms with E-state index < -0.39 is 0 Å². The van der Waals surface area contributed by atoms with Gasteiger partial charge < -0.3 is 25.2 Å². The van der Waals surface area contributed by atoms with Crippen molar-refractivity contribution < 1.29 is 14.3 Å². The van der Waals surface area contributed by atoms with E-state index in [2.05, 4.69) is 15.5 Å². The predicted octanol–water partition coefficient (Wildman–Crippen LogP) is 3.86. The third-order valence-corrected chi connectivity index (χ3v) is 6.50. The van der Waals surface area contributed by atoms with Crippen LogP contribution >= 0.6 is 0 Å². The third kappa shape index (κ3) is 3.82. The topological polar surface area (TPSA) is 86.3 Å². The number of methoxy groups -OCH3 is 1. The highest BCUT2D eigenvalue weighted by Crippen LogP contribution is 2.36. The van der Waals surface area contributed by atoms with Crippen LogP contribution in [0.15, 0.2) is 65.0 Å². The molecule has 0 bridgehead atoms. The molecule has 1 fully saturated rings. The van der Waals surface area contributed by atoms with E-state index in [0.717, 1.165) is 35.7 Å². The highest BCUT2D eigenvalue weighted by atomic mass is 16.5. The Morgan fingerprint density at radius 3 is 2.58 bits per heavy atom. The molecule has 2 N–H and O–H groups in total. The van der Waals surface area contributed by atoms with Crippen molar-refractivity contribution in [2.24, 2.45) is 4.99 Å². The molecule has 5 rings (SSSR count). The zero-order chi connectivity index (χ0) is 22.9. The maximum Gasteiger partial charge on any atom is 0.337 e. The quantitative estimate of drug-likeness (QED) is 0.695. The van der Waals surface area contributed by atoms with Gasteiger partial charge in [-0.2, -0.15) is 0 Å². The van der Waals surface area contributed by atoms with E-state index in [1.54, 1.807) is 30.3 Å². The van der Waals surface area contributed by atoms with Crippen LogP contribution in [-0.4, -0.2) is 54.4 Å². The van der Waals surface area contributed by atoms with Gasteiger partial charge in [0.15, 0.2) is 6.29 Å². The molecule has 2 aliphatic heterocycles. The lowest BCUT2D eigenvalue weighted by Crippen LogP contribution is -2.50. The van der Waals surface area contributed by atoms with Gasteiger partial charge in [0.2, 0.25) is 0 Å². The van der Waals surface area contributed by atoms with Crippen molar-refractivity contribution in [2.75, 3.05) is 24.8 Å². The van der Waals surface area contributed by atoms with Gasteiger partial charge in [-0.3, -0.25) is 4.79 Å². The molecule has 1 saturated carbocycles. The van der Waals surface area contributed by atoms with Gasteiger partial charge in [-0.1, -0.05) is 25.0 Å². The fourth-order valence-corrected chi connectivity index (χ4v) is 4.74. The molecule has 8 nitrogen and oxygen atoms in total. The van der Waals surface area contributed by atoms with Crippen LogP contribution in [0.1, 0.15) is 46.4 Å². The molecule has 2 heterocycles. The first kappa shape index (κ1) is 21.1. The summed E-state index contributed by atoms with van der Waals surface area (Å²) in [7, 11) is 3.16. The van der Waals surface area contributed by atoms with E-state index in [0.29, 0.717) is 17.2 Å². The summed E-state index contributed by atoms with van der Waals surface area (Å²) in [5.41, 5.74) is 3.52. The standard InChI is InChI=1S/C25H27N5O3/c1-29-21-15-26-25(27-17-13-11-16(12-14-17)24(32)33-2)30(18-7-3-4-8-18)22(21)28-20-10-6-5-9-19(20)23(29)31/h5-6,9-15,18,25,27-28H,3-4,7-8H2,1-2H3. The number of benzene rings is 2. The summed E-state index contributed by atoms with van der Waals surface area (Å²) in [6.07, 6.45) is 5.87. The van der Waals surface area contributed by atoms with Gasteiger partial charge in [-0.05, 0) is 49.2 Å². The minimum Gasteiger partial charge on any atom is -0.465 e. The number of rotatable bonds is 4. The number of ether oxygens (including phenoxy) is 1. The highest BCUT2D eigenvalue weighted by molar-refractivity contribution is 6.05. The van der Waals surface area contributed by atoms with Gasteiger partial charge in [-0.15, -0.1) is 0 Å². The molecule has 1 amide bonds. The van der Waals surface area contributed by atoms with Gasteiger partial charge in [0.25, 0.3) is 5.91 Å². The SMILES string of the molecule is COC(=O)c1ccc(NC2N=CC3=C(Nc4ccccc4C(=O)N3C)N2C2CCCC2)cc1. The molecule has 1 atom stereocenters. The summed E-state index contributed by atoms with van der Waals surface area (Å²) in [6.45, 7) is 0. The summed E-state index contributed by atoms with van der Waals surface area (Å²) in [6, 6.07) is 15.0. The molecule has 0 saturated heterocycles. The molecule has 2 aromatic carbocycles. The van der Waals surface area contributed by atoms with Crippen molar-refractivity contribution in [3.63, 3.8) is 0 Å². The second-order valence-electron chi connectivity index (χ2n) is 8.48. The first-order valence-corrected chi connectivity index (χ1v) is 11.2. The number of esters is 1. The average Bonchev–Trinajstić information content (AvgIpc) is 3.35. The monoisotopic (exact) mass is 445 g/mol. The van der Waals surface area contributed by atoms with E-state index in [-0.39, 0.29) is 18.2 Å². The molecule has 0 aromatic heterocycles. The van der Waals surface area contributed by atoms with Crippen LogP contribution in [0.3, 0.4) is 0 Å². The van der Waals surface area contributed by atoms with Crippen molar-refractivity contribution in [1.82, 2.24) is 9.80 Å². The fourth-order valence-electron chi connectivity index (χ4n) is 4.74. The Bertz CT molecular complexity index is 1130. The van der Waals surface area contributed by atoms with Crippen molar-refractivity contribution in [1.29, 1.82) is 0 Å². The number of carbonyl (C=O) groups excluding carboxylic acids is 2. The van der Waals surface area contributed by atoms with Gasteiger partial charge in [0.05, 0.1) is 30.1 Å². The van der Waals surface area contributed by atoms with E-state index >= 15 is 0 Å². The largest absolute Gasteiger partial charge is 0.465 e. The zero-order valence-electron chi connectivity index (χ0n) is 18.7. The maximum absolute atomic E-state index is 13.1. The van der Waals surface area contributed by atoms with Crippen LogP contribution in [0.4, 0.5) is 11.4 Å². The summed E-state index contributed by atoms with van der Waals surface area (Å²) in [4.78, 5) is 33.6. The number of para-hydroxylation sites is 1. The van der Waals surface area contributed by atoms with Gasteiger partial charge in [0.1, 0.15) is 11.5 Å². The summed E-state index contributed by atoms with van der Waals surface area (Å²) in [5, 5.41) is 7.04. The van der Waals surface area contributed by atoms with Crippen molar-refractivity contribution in [3.8, 4) is 0 Å².